The van der Waals surface area contributed by atoms with Crippen molar-refractivity contribution in [2.75, 3.05) is 5.32 Å². The molecule has 0 saturated heterocycles. The van der Waals surface area contributed by atoms with Crippen molar-refractivity contribution in [3.63, 3.8) is 0 Å². The first kappa shape index (κ1) is 13.0. The Bertz CT molecular complexity index is 523. The van der Waals surface area contributed by atoms with Crippen molar-refractivity contribution in [1.82, 2.24) is 0 Å². The lowest BCUT2D eigenvalue weighted by molar-refractivity contribution is 0.432. The van der Waals surface area contributed by atoms with Gasteiger partial charge in [-0.3, -0.25) is 0 Å². The number of aromatic hydroxyl groups is 1. The second-order valence-electron chi connectivity index (χ2n) is 3.77. The lowest BCUT2D eigenvalue weighted by Gasteiger charge is -2.08. The van der Waals surface area contributed by atoms with E-state index in [1.165, 1.54) is 12.1 Å². The molecule has 5 heteroatoms. The maximum atomic E-state index is 13.1. The summed E-state index contributed by atoms with van der Waals surface area (Å²) in [5.74, 6) is -0.989. The SMILES string of the molecule is Oc1ccc(CNc2ccc(Cl)c(Cl)c2)cc1F. The van der Waals surface area contributed by atoms with Crippen molar-refractivity contribution in [3.05, 3.63) is 57.8 Å². The van der Waals surface area contributed by atoms with Crippen molar-refractivity contribution >= 4 is 28.9 Å². The maximum Gasteiger partial charge on any atom is 0.165 e. The fourth-order valence-corrected chi connectivity index (χ4v) is 1.77. The molecule has 94 valence electrons. The molecule has 2 nitrogen and oxygen atoms in total. The van der Waals surface area contributed by atoms with E-state index in [2.05, 4.69) is 5.32 Å². The van der Waals surface area contributed by atoms with Gasteiger partial charge in [0.25, 0.3) is 0 Å². The molecule has 0 heterocycles. The minimum Gasteiger partial charge on any atom is -0.505 e. The monoisotopic (exact) mass is 285 g/mol. The van der Waals surface area contributed by atoms with Gasteiger partial charge in [-0.1, -0.05) is 29.3 Å². The highest BCUT2D eigenvalue weighted by Gasteiger charge is 2.02. The molecule has 0 spiro atoms. The molecule has 2 aromatic rings. The summed E-state index contributed by atoms with van der Waals surface area (Å²) >= 11 is 11.7. The van der Waals surface area contributed by atoms with E-state index in [1.54, 1.807) is 24.3 Å². The minimum absolute atomic E-state index is 0.353. The standard InChI is InChI=1S/C13H10Cl2FNO/c14-10-3-2-9(6-11(10)15)17-7-8-1-4-13(18)12(16)5-8/h1-6,17-18H,7H2. The Balaban J connectivity index is 2.06. The number of benzene rings is 2. The van der Waals surface area contributed by atoms with Gasteiger partial charge in [0.2, 0.25) is 0 Å². The molecular weight excluding hydrogens is 276 g/mol. The molecule has 0 amide bonds. The third-order valence-corrected chi connectivity index (χ3v) is 3.17. The lowest BCUT2D eigenvalue weighted by atomic mass is 10.2. The fraction of sp³-hybridized carbons (Fsp3) is 0.0769. The van der Waals surface area contributed by atoms with Gasteiger partial charge in [0.05, 0.1) is 10.0 Å². The van der Waals surface area contributed by atoms with Gasteiger partial charge in [-0.05, 0) is 35.9 Å². The zero-order valence-electron chi connectivity index (χ0n) is 9.25. The van der Waals surface area contributed by atoms with E-state index in [1.807, 2.05) is 0 Å². The molecule has 2 N–H and O–H groups in total. The number of rotatable bonds is 3. The van der Waals surface area contributed by atoms with E-state index in [9.17, 15) is 4.39 Å². The minimum atomic E-state index is -0.636. The van der Waals surface area contributed by atoms with Crippen LogP contribution >= 0.6 is 23.2 Å². The van der Waals surface area contributed by atoms with Crippen molar-refractivity contribution in [2.45, 2.75) is 6.54 Å². The van der Waals surface area contributed by atoms with E-state index in [4.69, 9.17) is 28.3 Å². The molecule has 0 saturated carbocycles. The third-order valence-electron chi connectivity index (χ3n) is 2.43. The molecule has 2 rings (SSSR count). The van der Waals surface area contributed by atoms with Crippen LogP contribution in [0.25, 0.3) is 0 Å². The van der Waals surface area contributed by atoms with Gasteiger partial charge in [0, 0.05) is 12.2 Å². The molecule has 0 bridgehead atoms. The first-order valence-corrected chi connectivity index (χ1v) is 5.98. The summed E-state index contributed by atoms with van der Waals surface area (Å²) in [5.41, 5.74) is 1.51. The van der Waals surface area contributed by atoms with Crippen LogP contribution in [0, 0.1) is 5.82 Å². The van der Waals surface area contributed by atoms with Gasteiger partial charge < -0.3 is 10.4 Å². The molecule has 0 fully saturated rings. The van der Waals surface area contributed by atoms with Crippen LogP contribution in [0.4, 0.5) is 10.1 Å². The Kier molecular flexibility index (Phi) is 3.94. The normalized spacial score (nSPS) is 10.4. The molecule has 0 aliphatic carbocycles. The predicted octanol–water partition coefficient (Wildman–Crippen LogP) is 4.45. The van der Waals surface area contributed by atoms with Crippen LogP contribution in [0.15, 0.2) is 36.4 Å². The highest BCUT2D eigenvalue weighted by atomic mass is 35.5. The second kappa shape index (κ2) is 5.46. The lowest BCUT2D eigenvalue weighted by Crippen LogP contribution is -1.99. The largest absolute Gasteiger partial charge is 0.505 e. The molecule has 0 unspecified atom stereocenters. The van der Waals surface area contributed by atoms with Gasteiger partial charge in [0.1, 0.15) is 0 Å². The zero-order chi connectivity index (χ0) is 13.1. The van der Waals surface area contributed by atoms with Crippen LogP contribution in [0.2, 0.25) is 10.0 Å². The Labute approximate surface area is 114 Å². The summed E-state index contributed by atoms with van der Waals surface area (Å²) in [7, 11) is 0. The number of anilines is 1. The zero-order valence-corrected chi connectivity index (χ0v) is 10.8. The summed E-state index contributed by atoms with van der Waals surface area (Å²) < 4.78 is 13.1. The van der Waals surface area contributed by atoms with Crippen LogP contribution in [0.3, 0.4) is 0 Å². The highest BCUT2D eigenvalue weighted by Crippen LogP contribution is 2.25. The van der Waals surface area contributed by atoms with Crippen molar-refractivity contribution in [3.8, 4) is 5.75 Å². The van der Waals surface area contributed by atoms with Gasteiger partial charge in [-0.25, -0.2) is 4.39 Å². The molecule has 0 atom stereocenters. The molecule has 0 radical (unpaired) electrons. The van der Waals surface area contributed by atoms with Crippen molar-refractivity contribution in [2.24, 2.45) is 0 Å². The molecule has 0 aromatic heterocycles. The Morgan fingerprint density at radius 1 is 1.06 bits per heavy atom. The average Bonchev–Trinajstić information content (AvgIpc) is 2.35. The number of hydrogen-bond acceptors (Lipinski definition) is 2. The molecule has 0 aliphatic rings. The molecule has 2 aromatic carbocycles. The number of halogens is 3. The third kappa shape index (κ3) is 3.06. The van der Waals surface area contributed by atoms with Gasteiger partial charge in [0.15, 0.2) is 11.6 Å². The van der Waals surface area contributed by atoms with Crippen LogP contribution in [-0.4, -0.2) is 5.11 Å². The van der Waals surface area contributed by atoms with Crippen LogP contribution in [-0.2, 0) is 6.54 Å². The van der Waals surface area contributed by atoms with E-state index in [0.29, 0.717) is 16.6 Å². The number of hydrogen-bond donors (Lipinski definition) is 2. The summed E-state index contributed by atoms with van der Waals surface area (Å²) in [4.78, 5) is 0. The Morgan fingerprint density at radius 3 is 2.50 bits per heavy atom. The summed E-state index contributed by atoms with van der Waals surface area (Å²) in [6.07, 6.45) is 0. The highest BCUT2D eigenvalue weighted by molar-refractivity contribution is 6.42. The first-order valence-electron chi connectivity index (χ1n) is 5.22. The summed E-state index contributed by atoms with van der Waals surface area (Å²) in [6.45, 7) is 0.426. The van der Waals surface area contributed by atoms with Crippen molar-refractivity contribution < 1.29 is 9.50 Å². The number of phenols is 1. The summed E-state index contributed by atoms with van der Waals surface area (Å²) in [6, 6.07) is 9.40. The van der Waals surface area contributed by atoms with E-state index in [0.717, 1.165) is 11.3 Å². The smallest absolute Gasteiger partial charge is 0.165 e. The quantitative estimate of drug-likeness (QED) is 0.873. The van der Waals surface area contributed by atoms with Crippen molar-refractivity contribution in [1.29, 1.82) is 0 Å². The van der Waals surface area contributed by atoms with Gasteiger partial charge in [-0.15, -0.1) is 0 Å². The van der Waals surface area contributed by atoms with Crippen LogP contribution in [0.1, 0.15) is 5.56 Å². The predicted molar refractivity (Wildman–Crippen MR) is 71.9 cm³/mol. The maximum absolute atomic E-state index is 13.1. The molecule has 0 aliphatic heterocycles. The average molecular weight is 286 g/mol. The molecule has 18 heavy (non-hydrogen) atoms. The van der Waals surface area contributed by atoms with Gasteiger partial charge >= 0.3 is 0 Å². The molecular formula is C13H10Cl2FNO. The topological polar surface area (TPSA) is 32.3 Å². The summed E-state index contributed by atoms with van der Waals surface area (Å²) in [5, 5.41) is 13.1. The Hall–Kier alpha value is -1.45. The first-order chi connectivity index (χ1) is 8.56. The van der Waals surface area contributed by atoms with E-state index < -0.39 is 5.82 Å². The fourth-order valence-electron chi connectivity index (χ4n) is 1.47. The van der Waals surface area contributed by atoms with Gasteiger partial charge in [-0.2, -0.15) is 0 Å². The van der Waals surface area contributed by atoms with Crippen LogP contribution in [0.5, 0.6) is 5.75 Å². The van der Waals surface area contributed by atoms with E-state index >= 15 is 0 Å². The second-order valence-corrected chi connectivity index (χ2v) is 4.58. The Morgan fingerprint density at radius 2 is 1.83 bits per heavy atom. The number of phenolic OH excluding ortho intramolecular Hbond substituents is 1. The van der Waals surface area contributed by atoms with E-state index in [-0.39, 0.29) is 5.75 Å². The van der Waals surface area contributed by atoms with Crippen LogP contribution < -0.4 is 5.32 Å². The number of nitrogens with one attached hydrogen (secondary N) is 1.